The van der Waals surface area contributed by atoms with Gasteiger partial charge in [-0.05, 0) is 55.3 Å². The summed E-state index contributed by atoms with van der Waals surface area (Å²) in [5.41, 5.74) is 3.53. The first kappa shape index (κ1) is 14.2. The molecule has 0 radical (unpaired) electrons. The molecule has 24 heavy (non-hydrogen) atoms. The van der Waals surface area contributed by atoms with Crippen molar-refractivity contribution in [3.8, 4) is 5.88 Å². The van der Waals surface area contributed by atoms with E-state index in [9.17, 15) is 0 Å². The number of nitrogens with zero attached hydrogens (tertiary/aromatic N) is 3. The first-order valence-electron chi connectivity index (χ1n) is 8.79. The zero-order chi connectivity index (χ0) is 16.0. The van der Waals surface area contributed by atoms with E-state index in [2.05, 4.69) is 33.1 Å². The quantitative estimate of drug-likeness (QED) is 0.853. The van der Waals surface area contributed by atoms with Gasteiger partial charge in [0, 0.05) is 43.0 Å². The molecule has 0 amide bonds. The standard InChI is InChI=1S/C20H21N3O/c1(15-3-7-21-8-4-15)2-16-11-17-12-20(24-19(17)22-13-16)14-23-9-5-18(20)6-10-23/h1-4,7-8,11,13,18H,5-6,9-10,12,14H2/t20-/m0/s1. The summed E-state index contributed by atoms with van der Waals surface area (Å²) in [4.78, 5) is 11.2. The van der Waals surface area contributed by atoms with Crippen molar-refractivity contribution in [1.82, 2.24) is 14.9 Å². The highest BCUT2D eigenvalue weighted by Crippen LogP contribution is 2.46. The molecule has 0 aliphatic carbocycles. The second-order valence-electron chi connectivity index (χ2n) is 7.24. The molecule has 4 heteroatoms. The van der Waals surface area contributed by atoms with Crippen LogP contribution in [-0.2, 0) is 6.42 Å². The summed E-state index contributed by atoms with van der Waals surface area (Å²) >= 11 is 0. The average Bonchev–Trinajstić information content (AvgIpc) is 2.98. The molecule has 2 bridgehead atoms. The van der Waals surface area contributed by atoms with E-state index in [1.54, 1.807) is 0 Å². The molecule has 1 spiro atoms. The van der Waals surface area contributed by atoms with Crippen LogP contribution in [0, 0.1) is 5.92 Å². The van der Waals surface area contributed by atoms with Crippen LogP contribution in [0.25, 0.3) is 12.2 Å². The van der Waals surface area contributed by atoms with E-state index in [0.29, 0.717) is 5.92 Å². The van der Waals surface area contributed by atoms with Gasteiger partial charge in [0.2, 0.25) is 5.88 Å². The normalized spacial score (nSPS) is 30.7. The number of ether oxygens (including phenoxy) is 1. The van der Waals surface area contributed by atoms with Gasteiger partial charge in [0.05, 0.1) is 0 Å². The lowest BCUT2D eigenvalue weighted by atomic mass is 9.73. The van der Waals surface area contributed by atoms with Gasteiger partial charge >= 0.3 is 0 Å². The lowest BCUT2D eigenvalue weighted by molar-refractivity contribution is -0.0814. The van der Waals surface area contributed by atoms with Crippen molar-refractivity contribution in [3.63, 3.8) is 0 Å². The predicted molar refractivity (Wildman–Crippen MR) is 93.6 cm³/mol. The number of rotatable bonds is 2. The molecule has 3 saturated heterocycles. The number of hydrogen-bond acceptors (Lipinski definition) is 4. The zero-order valence-electron chi connectivity index (χ0n) is 13.7. The first-order valence-corrected chi connectivity index (χ1v) is 8.79. The van der Waals surface area contributed by atoms with Crippen molar-refractivity contribution in [3.05, 3.63) is 53.5 Å². The van der Waals surface area contributed by atoms with Crippen LogP contribution in [0.5, 0.6) is 5.88 Å². The molecule has 4 nitrogen and oxygen atoms in total. The largest absolute Gasteiger partial charge is 0.469 e. The third-order valence-corrected chi connectivity index (χ3v) is 5.73. The maximum atomic E-state index is 6.40. The average molecular weight is 319 g/mol. The lowest BCUT2D eigenvalue weighted by Crippen LogP contribution is -2.61. The van der Waals surface area contributed by atoms with Gasteiger partial charge in [-0.15, -0.1) is 0 Å². The highest BCUT2D eigenvalue weighted by atomic mass is 16.5. The highest BCUT2D eigenvalue weighted by Gasteiger charge is 2.52. The molecule has 0 unspecified atom stereocenters. The Morgan fingerprint density at radius 3 is 2.67 bits per heavy atom. The van der Waals surface area contributed by atoms with Gasteiger partial charge in [0.15, 0.2) is 0 Å². The summed E-state index contributed by atoms with van der Waals surface area (Å²) in [6.07, 6.45) is 13.3. The highest BCUT2D eigenvalue weighted by molar-refractivity contribution is 5.69. The third kappa shape index (κ3) is 2.33. The van der Waals surface area contributed by atoms with Crippen LogP contribution >= 0.6 is 0 Å². The van der Waals surface area contributed by atoms with Gasteiger partial charge in [-0.2, -0.15) is 0 Å². The zero-order valence-corrected chi connectivity index (χ0v) is 13.7. The topological polar surface area (TPSA) is 38.2 Å². The molecule has 2 aromatic rings. The molecular weight excluding hydrogens is 298 g/mol. The summed E-state index contributed by atoms with van der Waals surface area (Å²) in [5.74, 6) is 1.54. The van der Waals surface area contributed by atoms with Crippen LogP contribution in [0.4, 0.5) is 0 Å². The molecule has 0 N–H and O–H groups in total. The van der Waals surface area contributed by atoms with Crippen LogP contribution in [0.3, 0.4) is 0 Å². The summed E-state index contributed by atoms with van der Waals surface area (Å²) < 4.78 is 6.40. The molecule has 122 valence electrons. The Kier molecular flexibility index (Phi) is 3.20. The maximum Gasteiger partial charge on any atom is 0.217 e. The van der Waals surface area contributed by atoms with Crippen LogP contribution in [0.1, 0.15) is 29.5 Å². The molecule has 1 atom stereocenters. The van der Waals surface area contributed by atoms with Crippen molar-refractivity contribution in [1.29, 1.82) is 0 Å². The van der Waals surface area contributed by atoms with Gasteiger partial charge in [0.25, 0.3) is 0 Å². The van der Waals surface area contributed by atoms with Crippen molar-refractivity contribution < 1.29 is 4.74 Å². The summed E-state index contributed by atoms with van der Waals surface area (Å²) in [6, 6.07) is 6.25. The number of pyridine rings is 2. The molecule has 2 aromatic heterocycles. The van der Waals surface area contributed by atoms with Crippen LogP contribution in [-0.4, -0.2) is 40.1 Å². The van der Waals surface area contributed by atoms with Gasteiger partial charge in [0.1, 0.15) is 5.60 Å². The maximum absolute atomic E-state index is 6.40. The third-order valence-electron chi connectivity index (χ3n) is 5.73. The predicted octanol–water partition coefficient (Wildman–Crippen LogP) is 3.05. The Balaban J connectivity index is 1.39. The lowest BCUT2D eigenvalue weighted by Gasteiger charge is -2.50. The molecule has 4 aliphatic heterocycles. The van der Waals surface area contributed by atoms with E-state index in [-0.39, 0.29) is 5.60 Å². The summed E-state index contributed by atoms with van der Waals surface area (Å²) in [7, 11) is 0. The van der Waals surface area contributed by atoms with Gasteiger partial charge in [-0.25, -0.2) is 4.98 Å². The SMILES string of the molecule is C(=Cc1cnc2c(c1)C[C@@]1(CN3CCC1CC3)O2)c1ccncc1. The summed E-state index contributed by atoms with van der Waals surface area (Å²) in [6.45, 7) is 3.54. The fourth-order valence-electron chi connectivity index (χ4n) is 4.48. The minimum Gasteiger partial charge on any atom is -0.469 e. The number of fused-ring (bicyclic) bond motifs is 3. The van der Waals surface area contributed by atoms with Gasteiger partial charge in [-0.3, -0.25) is 9.88 Å². The van der Waals surface area contributed by atoms with E-state index in [4.69, 9.17) is 4.74 Å². The monoisotopic (exact) mass is 319 g/mol. The Morgan fingerprint density at radius 2 is 1.92 bits per heavy atom. The van der Waals surface area contributed by atoms with Crippen molar-refractivity contribution >= 4 is 12.2 Å². The molecule has 0 saturated carbocycles. The van der Waals surface area contributed by atoms with E-state index in [1.807, 2.05) is 30.7 Å². The van der Waals surface area contributed by atoms with Crippen LogP contribution < -0.4 is 4.74 Å². The molecule has 6 rings (SSSR count). The number of piperidine rings is 3. The minimum atomic E-state index is -0.0146. The fraction of sp³-hybridized carbons (Fsp3) is 0.400. The van der Waals surface area contributed by atoms with E-state index in [1.165, 1.54) is 31.5 Å². The van der Waals surface area contributed by atoms with Crippen molar-refractivity contribution in [2.24, 2.45) is 5.92 Å². The molecule has 4 aliphatic rings. The Morgan fingerprint density at radius 1 is 1.12 bits per heavy atom. The van der Waals surface area contributed by atoms with Crippen molar-refractivity contribution in [2.75, 3.05) is 19.6 Å². The van der Waals surface area contributed by atoms with E-state index >= 15 is 0 Å². The number of hydrogen-bond donors (Lipinski definition) is 0. The minimum absolute atomic E-state index is 0.0146. The molecular formula is C20H21N3O. The van der Waals surface area contributed by atoms with Gasteiger partial charge in [-0.1, -0.05) is 12.2 Å². The molecule has 0 aromatic carbocycles. The number of aromatic nitrogens is 2. The molecule has 6 heterocycles. The van der Waals surface area contributed by atoms with E-state index < -0.39 is 0 Å². The van der Waals surface area contributed by atoms with Crippen LogP contribution in [0.15, 0.2) is 36.8 Å². The van der Waals surface area contributed by atoms with Crippen molar-refractivity contribution in [2.45, 2.75) is 24.9 Å². The van der Waals surface area contributed by atoms with Gasteiger partial charge < -0.3 is 4.74 Å². The fourth-order valence-corrected chi connectivity index (χ4v) is 4.48. The van der Waals surface area contributed by atoms with Crippen LogP contribution in [0.2, 0.25) is 0 Å². The second-order valence-corrected chi connectivity index (χ2v) is 7.24. The summed E-state index contributed by atoms with van der Waals surface area (Å²) in [5, 5.41) is 0. The first-order chi connectivity index (χ1) is 11.8. The van der Waals surface area contributed by atoms with E-state index in [0.717, 1.165) is 30.0 Å². The molecule has 3 fully saturated rings. The Labute approximate surface area is 142 Å². The Hall–Kier alpha value is -2.20. The second kappa shape index (κ2) is 5.42. The Bertz CT molecular complexity index is 781. The smallest absolute Gasteiger partial charge is 0.217 e.